The van der Waals surface area contributed by atoms with Crippen molar-refractivity contribution in [1.29, 1.82) is 0 Å². The molecule has 0 unspecified atom stereocenters. The quantitative estimate of drug-likeness (QED) is 0.589. The first-order chi connectivity index (χ1) is 7.22. The van der Waals surface area contributed by atoms with Crippen molar-refractivity contribution in [3.05, 3.63) is 0 Å². The summed E-state index contributed by atoms with van der Waals surface area (Å²) in [5.41, 5.74) is 5.31. The SMILES string of the molecule is CCCCCCCN(CCCC)C(N)=O. The predicted molar refractivity (Wildman–Crippen MR) is 64.8 cm³/mol. The first-order valence-electron chi connectivity index (χ1n) is 6.26. The molecule has 0 atom stereocenters. The lowest BCUT2D eigenvalue weighted by atomic mass is 10.1. The van der Waals surface area contributed by atoms with Gasteiger partial charge >= 0.3 is 6.03 Å². The summed E-state index contributed by atoms with van der Waals surface area (Å²) in [6.45, 7) is 5.98. The molecule has 90 valence electrons. The lowest BCUT2D eigenvalue weighted by Gasteiger charge is -2.19. The van der Waals surface area contributed by atoms with Gasteiger partial charge in [0, 0.05) is 13.1 Å². The number of nitrogens with two attached hydrogens (primary N) is 1. The van der Waals surface area contributed by atoms with Crippen LogP contribution in [-0.2, 0) is 0 Å². The van der Waals surface area contributed by atoms with Crippen LogP contribution in [-0.4, -0.2) is 24.0 Å². The molecule has 0 aliphatic carbocycles. The molecule has 0 saturated carbocycles. The van der Waals surface area contributed by atoms with E-state index < -0.39 is 0 Å². The summed E-state index contributed by atoms with van der Waals surface area (Å²) in [6.07, 6.45) is 8.30. The van der Waals surface area contributed by atoms with Crippen LogP contribution in [0.4, 0.5) is 4.79 Å². The van der Waals surface area contributed by atoms with Crippen LogP contribution in [0.2, 0.25) is 0 Å². The molecule has 0 aliphatic rings. The molecule has 2 N–H and O–H groups in total. The normalized spacial score (nSPS) is 10.3. The minimum atomic E-state index is -0.265. The monoisotopic (exact) mass is 214 g/mol. The third-order valence-electron chi connectivity index (χ3n) is 2.62. The molecule has 0 aliphatic heterocycles. The largest absolute Gasteiger partial charge is 0.351 e. The van der Waals surface area contributed by atoms with Gasteiger partial charge in [0.2, 0.25) is 0 Å². The molecule has 0 bridgehead atoms. The number of unbranched alkanes of at least 4 members (excludes halogenated alkanes) is 5. The number of hydrogen-bond acceptors (Lipinski definition) is 1. The third-order valence-corrected chi connectivity index (χ3v) is 2.62. The first kappa shape index (κ1) is 14.3. The van der Waals surface area contributed by atoms with Crippen molar-refractivity contribution in [2.45, 2.75) is 58.8 Å². The lowest BCUT2D eigenvalue weighted by molar-refractivity contribution is 0.205. The molecule has 15 heavy (non-hydrogen) atoms. The highest BCUT2D eigenvalue weighted by Crippen LogP contribution is 2.04. The summed E-state index contributed by atoms with van der Waals surface area (Å²) in [5, 5.41) is 0. The van der Waals surface area contributed by atoms with Crippen molar-refractivity contribution in [2.24, 2.45) is 5.73 Å². The van der Waals surface area contributed by atoms with Crippen molar-refractivity contribution in [3.63, 3.8) is 0 Å². The fourth-order valence-corrected chi connectivity index (χ4v) is 1.59. The van der Waals surface area contributed by atoms with E-state index in [9.17, 15) is 4.79 Å². The second-order valence-corrected chi connectivity index (χ2v) is 4.09. The maximum Gasteiger partial charge on any atom is 0.314 e. The van der Waals surface area contributed by atoms with E-state index in [0.717, 1.165) is 32.4 Å². The predicted octanol–water partition coefficient (Wildman–Crippen LogP) is 3.14. The zero-order valence-electron chi connectivity index (χ0n) is 10.3. The highest BCUT2D eigenvalue weighted by atomic mass is 16.2. The average Bonchev–Trinajstić information content (AvgIpc) is 2.21. The summed E-state index contributed by atoms with van der Waals surface area (Å²) < 4.78 is 0. The Labute approximate surface area is 94.0 Å². The van der Waals surface area contributed by atoms with Crippen LogP contribution in [0, 0.1) is 0 Å². The van der Waals surface area contributed by atoms with Crippen molar-refractivity contribution in [2.75, 3.05) is 13.1 Å². The van der Waals surface area contributed by atoms with E-state index in [1.807, 2.05) is 0 Å². The van der Waals surface area contributed by atoms with Crippen molar-refractivity contribution in [1.82, 2.24) is 4.90 Å². The number of amides is 2. The van der Waals surface area contributed by atoms with Gasteiger partial charge in [-0.15, -0.1) is 0 Å². The number of carbonyl (C=O) groups excluding carboxylic acids is 1. The van der Waals surface area contributed by atoms with E-state index in [-0.39, 0.29) is 6.03 Å². The average molecular weight is 214 g/mol. The molecule has 0 spiro atoms. The van der Waals surface area contributed by atoms with Gasteiger partial charge in [-0.05, 0) is 12.8 Å². The van der Waals surface area contributed by atoms with Gasteiger partial charge in [-0.3, -0.25) is 0 Å². The summed E-state index contributed by atoms with van der Waals surface area (Å²) in [7, 11) is 0. The molecule has 0 radical (unpaired) electrons. The molecule has 0 fully saturated rings. The smallest absolute Gasteiger partial charge is 0.314 e. The molecular weight excluding hydrogens is 188 g/mol. The van der Waals surface area contributed by atoms with E-state index in [2.05, 4.69) is 13.8 Å². The summed E-state index contributed by atoms with van der Waals surface area (Å²) in [5.74, 6) is 0. The second-order valence-electron chi connectivity index (χ2n) is 4.09. The minimum absolute atomic E-state index is 0.265. The van der Waals surface area contributed by atoms with Crippen molar-refractivity contribution in [3.8, 4) is 0 Å². The molecule has 0 aromatic rings. The van der Waals surface area contributed by atoms with Crippen LogP contribution in [0.5, 0.6) is 0 Å². The molecule has 0 saturated heterocycles. The highest BCUT2D eigenvalue weighted by molar-refractivity contribution is 5.71. The van der Waals surface area contributed by atoms with Gasteiger partial charge in [-0.1, -0.05) is 46.0 Å². The van der Waals surface area contributed by atoms with Crippen molar-refractivity contribution >= 4 is 6.03 Å². The number of urea groups is 1. The fourth-order valence-electron chi connectivity index (χ4n) is 1.59. The molecule has 0 aromatic heterocycles. The molecular formula is C12H26N2O. The second kappa shape index (κ2) is 9.81. The van der Waals surface area contributed by atoms with Gasteiger partial charge in [-0.2, -0.15) is 0 Å². The number of primary amides is 1. The Balaban J connectivity index is 3.53. The van der Waals surface area contributed by atoms with Gasteiger partial charge in [0.15, 0.2) is 0 Å². The van der Waals surface area contributed by atoms with E-state index in [1.54, 1.807) is 4.90 Å². The van der Waals surface area contributed by atoms with Crippen LogP contribution in [0.3, 0.4) is 0 Å². The van der Waals surface area contributed by atoms with Gasteiger partial charge in [0.25, 0.3) is 0 Å². The van der Waals surface area contributed by atoms with E-state index in [0.29, 0.717) is 0 Å². The van der Waals surface area contributed by atoms with Crippen LogP contribution in [0.25, 0.3) is 0 Å². The van der Waals surface area contributed by atoms with Gasteiger partial charge in [-0.25, -0.2) is 4.79 Å². The number of rotatable bonds is 9. The standard InChI is InChI=1S/C12H26N2O/c1-3-5-7-8-9-11-14(12(13)15)10-6-4-2/h3-11H2,1-2H3,(H2,13,15). The van der Waals surface area contributed by atoms with E-state index in [4.69, 9.17) is 5.73 Å². The van der Waals surface area contributed by atoms with Gasteiger partial charge in [0.1, 0.15) is 0 Å². The van der Waals surface area contributed by atoms with Crippen molar-refractivity contribution < 1.29 is 4.79 Å². The molecule has 0 heterocycles. The lowest BCUT2D eigenvalue weighted by Crippen LogP contribution is -2.37. The Bertz CT molecular complexity index is 160. The molecule has 3 nitrogen and oxygen atoms in total. The summed E-state index contributed by atoms with van der Waals surface area (Å²) in [4.78, 5) is 12.8. The van der Waals surface area contributed by atoms with Crippen LogP contribution in [0.1, 0.15) is 58.8 Å². The topological polar surface area (TPSA) is 46.3 Å². The van der Waals surface area contributed by atoms with Crippen LogP contribution < -0.4 is 5.73 Å². The molecule has 3 heteroatoms. The Morgan fingerprint density at radius 3 is 2.00 bits per heavy atom. The maximum absolute atomic E-state index is 11.1. The molecule has 0 aromatic carbocycles. The number of carbonyl (C=O) groups is 1. The highest BCUT2D eigenvalue weighted by Gasteiger charge is 2.07. The van der Waals surface area contributed by atoms with E-state index >= 15 is 0 Å². The van der Waals surface area contributed by atoms with E-state index in [1.165, 1.54) is 25.7 Å². The zero-order chi connectivity index (χ0) is 11.5. The Kier molecular flexibility index (Phi) is 9.33. The molecule has 2 amide bonds. The third kappa shape index (κ3) is 8.28. The summed E-state index contributed by atoms with van der Waals surface area (Å²) >= 11 is 0. The Morgan fingerprint density at radius 2 is 1.47 bits per heavy atom. The number of nitrogens with zero attached hydrogens (tertiary/aromatic N) is 1. The number of hydrogen-bond donors (Lipinski definition) is 1. The maximum atomic E-state index is 11.1. The van der Waals surface area contributed by atoms with Gasteiger partial charge in [0.05, 0.1) is 0 Å². The van der Waals surface area contributed by atoms with Crippen LogP contribution >= 0.6 is 0 Å². The van der Waals surface area contributed by atoms with Crippen LogP contribution in [0.15, 0.2) is 0 Å². The Hall–Kier alpha value is -0.730. The fraction of sp³-hybridized carbons (Fsp3) is 0.917. The van der Waals surface area contributed by atoms with Gasteiger partial charge < -0.3 is 10.6 Å². The first-order valence-corrected chi connectivity index (χ1v) is 6.26. The molecule has 0 rings (SSSR count). The minimum Gasteiger partial charge on any atom is -0.351 e. The summed E-state index contributed by atoms with van der Waals surface area (Å²) in [6, 6.07) is -0.265. The zero-order valence-corrected chi connectivity index (χ0v) is 10.3. The Morgan fingerprint density at radius 1 is 0.933 bits per heavy atom.